The Morgan fingerprint density at radius 1 is 1.21 bits per heavy atom. The van der Waals surface area contributed by atoms with Crippen molar-refractivity contribution in [3.8, 4) is 5.75 Å². The van der Waals surface area contributed by atoms with Crippen molar-refractivity contribution in [2.24, 2.45) is 5.41 Å². The molecule has 2 heterocycles. The lowest BCUT2D eigenvalue weighted by Gasteiger charge is -2.50. The van der Waals surface area contributed by atoms with Crippen molar-refractivity contribution in [3.05, 3.63) is 29.8 Å². The highest BCUT2D eigenvalue weighted by Gasteiger charge is 2.46. The summed E-state index contributed by atoms with van der Waals surface area (Å²) in [7, 11) is 0. The van der Waals surface area contributed by atoms with Gasteiger partial charge in [0.15, 0.2) is 0 Å². The third-order valence-corrected chi connectivity index (χ3v) is 5.78. The second kappa shape index (κ2) is 8.23. The molecule has 7 heteroatoms. The van der Waals surface area contributed by atoms with Crippen molar-refractivity contribution < 1.29 is 23.0 Å². The van der Waals surface area contributed by atoms with Crippen molar-refractivity contribution >= 4 is 6.09 Å². The summed E-state index contributed by atoms with van der Waals surface area (Å²) in [5, 5.41) is 3.38. The zero-order chi connectivity index (χ0) is 20.4. The largest absolute Gasteiger partial charge is 0.444 e. The Balaban J connectivity index is 1.92. The summed E-state index contributed by atoms with van der Waals surface area (Å²) in [6.45, 7) is 5.48. The van der Waals surface area contributed by atoms with Crippen LogP contribution in [0.25, 0.3) is 0 Å². The molecule has 2 aliphatic rings. The van der Waals surface area contributed by atoms with Crippen LogP contribution in [0.1, 0.15) is 51.5 Å². The maximum Gasteiger partial charge on any atom is 0.410 e. The van der Waals surface area contributed by atoms with E-state index in [1.807, 2.05) is 32.9 Å². The van der Waals surface area contributed by atoms with E-state index in [0.717, 1.165) is 37.9 Å². The van der Waals surface area contributed by atoms with Gasteiger partial charge in [-0.25, -0.2) is 4.79 Å². The average Bonchev–Trinajstić information content (AvgIpc) is 2.61. The molecule has 28 heavy (non-hydrogen) atoms. The number of likely N-dealkylation sites (tertiary alicyclic amines) is 1. The maximum absolute atomic E-state index is 13.0. The van der Waals surface area contributed by atoms with Gasteiger partial charge in [0, 0.05) is 19.0 Å². The van der Waals surface area contributed by atoms with Gasteiger partial charge in [-0.05, 0) is 70.2 Å². The molecule has 3 rings (SSSR count). The lowest BCUT2D eigenvalue weighted by atomic mass is 9.62. The first-order chi connectivity index (χ1) is 13.2. The van der Waals surface area contributed by atoms with E-state index in [2.05, 4.69) is 5.32 Å². The minimum Gasteiger partial charge on any atom is -0.444 e. The summed E-state index contributed by atoms with van der Waals surface area (Å²) in [6.07, 6.45) is 2.36. The minimum absolute atomic E-state index is 0.0364. The smallest absolute Gasteiger partial charge is 0.410 e. The summed E-state index contributed by atoms with van der Waals surface area (Å²) in [4.78, 5) is 14.4. The number of amides is 1. The zero-order valence-electron chi connectivity index (χ0n) is 16.8. The van der Waals surface area contributed by atoms with Crippen LogP contribution < -0.4 is 10.1 Å². The van der Waals surface area contributed by atoms with Crippen molar-refractivity contribution in [1.82, 2.24) is 10.2 Å². The predicted octanol–water partition coefficient (Wildman–Crippen LogP) is 4.38. The maximum atomic E-state index is 13.0. The lowest BCUT2D eigenvalue weighted by Crippen LogP contribution is -2.52. The topological polar surface area (TPSA) is 50.8 Å². The SMILES string of the molecule is CC(C)(C)OC(=O)N1CCC2(CCNCC2)[C@@H](c2ccccc2OC(F)F)C1. The quantitative estimate of drug-likeness (QED) is 0.824. The number of carbonyl (C=O) groups is 1. The summed E-state index contributed by atoms with van der Waals surface area (Å²) >= 11 is 0. The molecule has 156 valence electrons. The Bertz CT molecular complexity index is 684. The molecule has 2 saturated heterocycles. The summed E-state index contributed by atoms with van der Waals surface area (Å²) in [5.41, 5.74) is 0.136. The van der Waals surface area contributed by atoms with Gasteiger partial charge in [0.1, 0.15) is 11.4 Å². The molecule has 5 nitrogen and oxygen atoms in total. The third kappa shape index (κ3) is 4.74. The molecule has 0 radical (unpaired) electrons. The van der Waals surface area contributed by atoms with Crippen LogP contribution >= 0.6 is 0 Å². The number of hydrogen-bond donors (Lipinski definition) is 1. The fourth-order valence-electron chi connectivity index (χ4n) is 4.45. The molecule has 0 saturated carbocycles. The van der Waals surface area contributed by atoms with Crippen molar-refractivity contribution in [2.75, 3.05) is 26.2 Å². The van der Waals surface area contributed by atoms with Gasteiger partial charge in [0.05, 0.1) is 0 Å². The van der Waals surface area contributed by atoms with Crippen molar-refractivity contribution in [1.29, 1.82) is 0 Å². The van der Waals surface area contributed by atoms with Crippen LogP contribution in [-0.4, -0.2) is 49.4 Å². The van der Waals surface area contributed by atoms with Crippen LogP contribution in [0.3, 0.4) is 0 Å². The fourth-order valence-corrected chi connectivity index (χ4v) is 4.45. The van der Waals surface area contributed by atoms with Crippen LogP contribution in [0.15, 0.2) is 24.3 Å². The molecular formula is C21H30F2N2O3. The standard InChI is InChI=1S/C21H30F2N2O3/c1-20(2,3)28-19(26)25-13-10-21(8-11-24-12-9-21)16(14-25)15-6-4-5-7-17(15)27-18(22)23/h4-7,16,18,24H,8-14H2,1-3H3/t16-/m1/s1. The van der Waals surface area contributed by atoms with E-state index in [-0.39, 0.29) is 23.2 Å². The van der Waals surface area contributed by atoms with Gasteiger partial charge in [-0.15, -0.1) is 0 Å². The molecule has 1 atom stereocenters. The first-order valence-corrected chi connectivity index (χ1v) is 9.93. The Kier molecular flexibility index (Phi) is 6.12. The van der Waals surface area contributed by atoms with Crippen LogP contribution in [0.2, 0.25) is 0 Å². The van der Waals surface area contributed by atoms with Gasteiger partial charge in [-0.2, -0.15) is 8.78 Å². The van der Waals surface area contributed by atoms with Crippen LogP contribution in [0.4, 0.5) is 13.6 Å². The van der Waals surface area contributed by atoms with Gasteiger partial charge < -0.3 is 19.7 Å². The Morgan fingerprint density at radius 3 is 2.54 bits per heavy atom. The van der Waals surface area contributed by atoms with E-state index in [1.165, 1.54) is 0 Å². The number of nitrogens with one attached hydrogen (secondary N) is 1. The van der Waals surface area contributed by atoms with Gasteiger partial charge in [0.2, 0.25) is 0 Å². The number of benzene rings is 1. The van der Waals surface area contributed by atoms with E-state index < -0.39 is 12.2 Å². The highest BCUT2D eigenvalue weighted by Crippen LogP contribution is 2.51. The van der Waals surface area contributed by atoms with E-state index in [4.69, 9.17) is 9.47 Å². The molecule has 0 unspecified atom stereocenters. The number of halogens is 2. The fraction of sp³-hybridized carbons (Fsp3) is 0.667. The number of nitrogens with zero attached hydrogens (tertiary/aromatic N) is 1. The minimum atomic E-state index is -2.88. The van der Waals surface area contributed by atoms with Crippen molar-refractivity contribution in [3.63, 3.8) is 0 Å². The highest BCUT2D eigenvalue weighted by atomic mass is 19.3. The molecular weight excluding hydrogens is 366 g/mol. The Labute approximate surface area is 165 Å². The monoisotopic (exact) mass is 396 g/mol. The number of alkyl halides is 2. The lowest BCUT2D eigenvalue weighted by molar-refractivity contribution is -0.0523. The molecule has 2 fully saturated rings. The Hall–Kier alpha value is -1.89. The second-order valence-corrected chi connectivity index (χ2v) is 8.76. The van der Waals surface area contributed by atoms with Crippen LogP contribution in [0.5, 0.6) is 5.75 Å². The molecule has 1 amide bonds. The van der Waals surface area contributed by atoms with Crippen molar-refractivity contribution in [2.45, 2.75) is 58.2 Å². The predicted molar refractivity (Wildman–Crippen MR) is 103 cm³/mol. The van der Waals surface area contributed by atoms with E-state index in [0.29, 0.717) is 13.1 Å². The van der Waals surface area contributed by atoms with Gasteiger partial charge >= 0.3 is 12.7 Å². The van der Waals surface area contributed by atoms with E-state index in [1.54, 1.807) is 17.0 Å². The second-order valence-electron chi connectivity index (χ2n) is 8.76. The first-order valence-electron chi connectivity index (χ1n) is 9.93. The number of hydrogen-bond acceptors (Lipinski definition) is 4. The molecule has 0 bridgehead atoms. The average molecular weight is 396 g/mol. The van der Waals surface area contributed by atoms with E-state index in [9.17, 15) is 13.6 Å². The normalized spacial score (nSPS) is 22.4. The molecule has 0 aliphatic carbocycles. The molecule has 1 N–H and O–H groups in total. The van der Waals surface area contributed by atoms with Gasteiger partial charge in [-0.3, -0.25) is 0 Å². The zero-order valence-corrected chi connectivity index (χ0v) is 16.8. The third-order valence-electron chi connectivity index (χ3n) is 5.78. The number of carbonyl (C=O) groups excluding carboxylic acids is 1. The first kappa shape index (κ1) is 20.8. The molecule has 1 aromatic rings. The molecule has 1 spiro atoms. The summed E-state index contributed by atoms with van der Waals surface area (Å²) < 4.78 is 36.3. The number of ether oxygens (including phenoxy) is 2. The van der Waals surface area contributed by atoms with Crippen LogP contribution in [-0.2, 0) is 4.74 Å². The number of piperidine rings is 2. The van der Waals surface area contributed by atoms with Crippen LogP contribution in [0, 0.1) is 5.41 Å². The highest BCUT2D eigenvalue weighted by molar-refractivity contribution is 5.68. The number of rotatable bonds is 3. The molecule has 2 aliphatic heterocycles. The molecule has 1 aromatic carbocycles. The van der Waals surface area contributed by atoms with Gasteiger partial charge in [0.25, 0.3) is 0 Å². The Morgan fingerprint density at radius 2 is 1.89 bits per heavy atom. The van der Waals surface area contributed by atoms with E-state index >= 15 is 0 Å². The number of para-hydroxylation sites is 1. The molecule has 0 aromatic heterocycles. The summed E-state index contributed by atoms with van der Waals surface area (Å²) in [6, 6.07) is 6.98. The van der Waals surface area contributed by atoms with Gasteiger partial charge in [-0.1, -0.05) is 18.2 Å². The summed E-state index contributed by atoms with van der Waals surface area (Å²) in [5.74, 6) is 0.122.